The molecule has 0 unspecified atom stereocenters. The minimum atomic E-state index is -0.161. The Hall–Kier alpha value is -0.960. The van der Waals surface area contributed by atoms with Gasteiger partial charge in [-0.05, 0) is 25.0 Å². The number of amides is 1. The quantitative estimate of drug-likeness (QED) is 0.770. The van der Waals surface area contributed by atoms with E-state index in [0.29, 0.717) is 18.2 Å². The van der Waals surface area contributed by atoms with E-state index < -0.39 is 0 Å². The van der Waals surface area contributed by atoms with Crippen LogP contribution in [0.3, 0.4) is 0 Å². The predicted octanol–water partition coefficient (Wildman–Crippen LogP) is 3.62. The zero-order chi connectivity index (χ0) is 13.6. The van der Waals surface area contributed by atoms with Gasteiger partial charge in [-0.15, -0.1) is 11.6 Å². The Balaban J connectivity index is 2.59. The van der Waals surface area contributed by atoms with Crippen molar-refractivity contribution in [3.8, 4) is 0 Å². The summed E-state index contributed by atoms with van der Waals surface area (Å²) >= 11 is 6.01. The van der Waals surface area contributed by atoms with E-state index in [1.807, 2.05) is 13.0 Å². The highest BCUT2D eigenvalue weighted by Crippen LogP contribution is 2.27. The number of nitrogens with one attached hydrogen (secondary N) is 1. The monoisotopic (exact) mass is 271 g/mol. The van der Waals surface area contributed by atoms with Gasteiger partial charge in [0.1, 0.15) is 5.76 Å². The van der Waals surface area contributed by atoms with Crippen LogP contribution < -0.4 is 5.32 Å². The smallest absolute Gasteiger partial charge is 0.287 e. The van der Waals surface area contributed by atoms with E-state index in [9.17, 15) is 4.79 Å². The molecule has 102 valence electrons. The van der Waals surface area contributed by atoms with Gasteiger partial charge in [0.05, 0.1) is 0 Å². The summed E-state index contributed by atoms with van der Waals surface area (Å²) in [6.45, 7) is 6.78. The number of aryl methyl sites for hydroxylation is 1. The fourth-order valence-electron chi connectivity index (χ4n) is 1.78. The molecule has 1 N–H and O–H groups in total. The Morgan fingerprint density at radius 3 is 2.44 bits per heavy atom. The zero-order valence-corrected chi connectivity index (χ0v) is 12.1. The third kappa shape index (κ3) is 3.52. The first-order valence-electron chi connectivity index (χ1n) is 6.53. The summed E-state index contributed by atoms with van der Waals surface area (Å²) in [6.07, 6.45) is 2.69. The van der Waals surface area contributed by atoms with Crippen molar-refractivity contribution in [1.29, 1.82) is 0 Å². The SMILES string of the molecule is CCc1ccc(C(=O)NCC(CC)(CC)CCl)o1. The van der Waals surface area contributed by atoms with E-state index >= 15 is 0 Å². The highest BCUT2D eigenvalue weighted by Gasteiger charge is 2.26. The van der Waals surface area contributed by atoms with Gasteiger partial charge in [-0.25, -0.2) is 0 Å². The lowest BCUT2D eigenvalue weighted by Crippen LogP contribution is -2.38. The van der Waals surface area contributed by atoms with Crippen molar-refractivity contribution in [2.75, 3.05) is 12.4 Å². The van der Waals surface area contributed by atoms with Gasteiger partial charge in [-0.3, -0.25) is 4.79 Å². The van der Waals surface area contributed by atoms with Crippen LogP contribution in [0.1, 0.15) is 49.9 Å². The van der Waals surface area contributed by atoms with Crippen molar-refractivity contribution in [2.24, 2.45) is 5.41 Å². The number of hydrogen-bond acceptors (Lipinski definition) is 2. The third-order valence-corrected chi connectivity index (χ3v) is 4.21. The molecule has 0 atom stereocenters. The molecule has 0 aliphatic heterocycles. The minimum absolute atomic E-state index is 0.0165. The normalized spacial score (nSPS) is 11.6. The topological polar surface area (TPSA) is 42.2 Å². The standard InChI is InChI=1S/C14H22ClNO2/c1-4-11-7-8-12(18-11)13(17)16-10-14(5-2,6-3)9-15/h7-8H,4-6,9-10H2,1-3H3,(H,16,17). The first-order valence-corrected chi connectivity index (χ1v) is 7.07. The van der Waals surface area contributed by atoms with Gasteiger partial charge in [0.25, 0.3) is 5.91 Å². The second kappa shape index (κ2) is 6.83. The molecule has 0 radical (unpaired) electrons. The molecule has 1 aromatic heterocycles. The van der Waals surface area contributed by atoms with Crippen LogP contribution >= 0.6 is 11.6 Å². The molecule has 3 nitrogen and oxygen atoms in total. The maximum Gasteiger partial charge on any atom is 0.287 e. The van der Waals surface area contributed by atoms with Gasteiger partial charge in [-0.1, -0.05) is 20.8 Å². The number of carbonyl (C=O) groups excluding carboxylic acids is 1. The van der Waals surface area contributed by atoms with Crippen molar-refractivity contribution in [3.05, 3.63) is 23.7 Å². The van der Waals surface area contributed by atoms with Crippen molar-refractivity contribution in [3.63, 3.8) is 0 Å². The summed E-state index contributed by atoms with van der Waals surface area (Å²) in [5.74, 6) is 1.60. The van der Waals surface area contributed by atoms with Gasteiger partial charge in [0, 0.05) is 24.3 Å². The lowest BCUT2D eigenvalue weighted by molar-refractivity contribution is 0.0902. The van der Waals surface area contributed by atoms with Crippen LogP contribution in [0.4, 0.5) is 0 Å². The van der Waals surface area contributed by atoms with E-state index in [1.165, 1.54) is 0 Å². The molecular weight excluding hydrogens is 250 g/mol. The van der Waals surface area contributed by atoms with Gasteiger partial charge < -0.3 is 9.73 Å². The molecule has 0 aliphatic rings. The maximum atomic E-state index is 11.9. The van der Waals surface area contributed by atoms with E-state index in [0.717, 1.165) is 25.0 Å². The molecular formula is C14H22ClNO2. The molecule has 1 amide bonds. The van der Waals surface area contributed by atoms with Gasteiger partial charge >= 0.3 is 0 Å². The average Bonchev–Trinajstić information content (AvgIpc) is 2.89. The first-order chi connectivity index (χ1) is 8.60. The number of hydrogen-bond donors (Lipinski definition) is 1. The highest BCUT2D eigenvalue weighted by atomic mass is 35.5. The van der Waals surface area contributed by atoms with Crippen LogP contribution in [0, 0.1) is 5.41 Å². The summed E-state index contributed by atoms with van der Waals surface area (Å²) < 4.78 is 5.42. The highest BCUT2D eigenvalue weighted by molar-refractivity contribution is 6.18. The molecule has 1 heterocycles. The largest absolute Gasteiger partial charge is 0.456 e. The molecule has 0 aliphatic carbocycles. The van der Waals surface area contributed by atoms with Crippen molar-refractivity contribution in [1.82, 2.24) is 5.32 Å². The number of carbonyl (C=O) groups is 1. The first kappa shape index (κ1) is 15.1. The minimum Gasteiger partial charge on any atom is -0.456 e. The molecule has 0 bridgehead atoms. The number of alkyl halides is 1. The summed E-state index contributed by atoms with van der Waals surface area (Å²) in [5, 5.41) is 2.91. The molecule has 0 saturated carbocycles. The molecule has 4 heteroatoms. The number of furan rings is 1. The molecule has 0 aromatic carbocycles. The predicted molar refractivity (Wildman–Crippen MR) is 74.2 cm³/mol. The molecule has 1 aromatic rings. The molecule has 0 saturated heterocycles. The molecule has 0 fully saturated rings. The Kier molecular flexibility index (Phi) is 5.73. The van der Waals surface area contributed by atoms with Crippen molar-refractivity contribution >= 4 is 17.5 Å². The summed E-state index contributed by atoms with van der Waals surface area (Å²) in [4.78, 5) is 11.9. The van der Waals surface area contributed by atoms with E-state index in [1.54, 1.807) is 6.07 Å². The second-order valence-corrected chi connectivity index (χ2v) is 4.91. The summed E-state index contributed by atoms with van der Waals surface area (Å²) in [7, 11) is 0. The molecule has 0 spiro atoms. The lowest BCUT2D eigenvalue weighted by Gasteiger charge is -2.29. The van der Waals surface area contributed by atoms with E-state index in [2.05, 4.69) is 19.2 Å². The van der Waals surface area contributed by atoms with Crippen LogP contribution in [0.15, 0.2) is 16.5 Å². The molecule has 18 heavy (non-hydrogen) atoms. The van der Waals surface area contributed by atoms with Gasteiger partial charge in [0.15, 0.2) is 5.76 Å². The second-order valence-electron chi connectivity index (χ2n) is 4.64. The van der Waals surface area contributed by atoms with E-state index in [-0.39, 0.29) is 11.3 Å². The summed E-state index contributed by atoms with van der Waals surface area (Å²) in [6, 6.07) is 3.55. The van der Waals surface area contributed by atoms with Gasteiger partial charge in [-0.2, -0.15) is 0 Å². The Labute approximate surface area is 114 Å². The van der Waals surface area contributed by atoms with Crippen LogP contribution in [0.2, 0.25) is 0 Å². The maximum absolute atomic E-state index is 11.9. The van der Waals surface area contributed by atoms with Crippen LogP contribution in [-0.2, 0) is 6.42 Å². The Bertz CT molecular complexity index is 375. The van der Waals surface area contributed by atoms with Crippen molar-refractivity contribution in [2.45, 2.75) is 40.0 Å². The van der Waals surface area contributed by atoms with E-state index in [4.69, 9.17) is 16.0 Å². The van der Waals surface area contributed by atoms with Crippen molar-refractivity contribution < 1.29 is 9.21 Å². The third-order valence-electron chi connectivity index (χ3n) is 3.64. The summed E-state index contributed by atoms with van der Waals surface area (Å²) in [5.41, 5.74) is -0.0165. The number of rotatable bonds is 7. The molecule has 1 rings (SSSR count). The fraction of sp³-hybridized carbons (Fsp3) is 0.643. The zero-order valence-electron chi connectivity index (χ0n) is 11.4. The van der Waals surface area contributed by atoms with Crippen LogP contribution in [-0.4, -0.2) is 18.3 Å². The number of halogens is 1. The van der Waals surface area contributed by atoms with Gasteiger partial charge in [0.2, 0.25) is 0 Å². The lowest BCUT2D eigenvalue weighted by atomic mass is 9.84. The fourth-order valence-corrected chi connectivity index (χ4v) is 2.25. The van der Waals surface area contributed by atoms with Crippen LogP contribution in [0.5, 0.6) is 0 Å². The Morgan fingerprint density at radius 1 is 1.33 bits per heavy atom. The Morgan fingerprint density at radius 2 is 2.00 bits per heavy atom. The average molecular weight is 272 g/mol. The van der Waals surface area contributed by atoms with Crippen LogP contribution in [0.25, 0.3) is 0 Å².